The van der Waals surface area contributed by atoms with Crippen molar-refractivity contribution in [3.05, 3.63) is 99.9 Å². The molecule has 33 heavy (non-hydrogen) atoms. The highest BCUT2D eigenvalue weighted by Crippen LogP contribution is 2.44. The molecule has 0 aromatic heterocycles. The molecule has 1 N–H and O–H groups in total. The van der Waals surface area contributed by atoms with Crippen LogP contribution < -0.4 is 9.64 Å². The van der Waals surface area contributed by atoms with Crippen LogP contribution in [0.25, 0.3) is 5.76 Å². The molecule has 1 unspecified atom stereocenters. The molecule has 3 aromatic carbocycles. The minimum atomic E-state index is -1.14. The predicted molar refractivity (Wildman–Crippen MR) is 125 cm³/mol. The summed E-state index contributed by atoms with van der Waals surface area (Å²) in [4.78, 5) is 27.7. The minimum Gasteiger partial charge on any atom is -0.507 e. The molecular weight excluding hydrogens is 421 g/mol. The van der Waals surface area contributed by atoms with Crippen molar-refractivity contribution in [2.75, 3.05) is 12.0 Å². The summed E-state index contributed by atoms with van der Waals surface area (Å²) in [5, 5.41) is 11.4. The number of carbonyl (C=O) groups is 2. The number of nitrogens with zero attached hydrogens (tertiary/aromatic N) is 1. The second kappa shape index (κ2) is 8.54. The maximum absolute atomic E-state index is 15.0. The van der Waals surface area contributed by atoms with E-state index in [9.17, 15) is 19.1 Å². The van der Waals surface area contributed by atoms with Gasteiger partial charge in [-0.1, -0.05) is 36.4 Å². The Morgan fingerprint density at radius 1 is 0.970 bits per heavy atom. The summed E-state index contributed by atoms with van der Waals surface area (Å²) >= 11 is 0. The maximum Gasteiger partial charge on any atom is 0.300 e. The number of aliphatic hydroxyl groups is 1. The highest BCUT2D eigenvalue weighted by Gasteiger charge is 2.48. The fourth-order valence-electron chi connectivity index (χ4n) is 4.41. The van der Waals surface area contributed by atoms with E-state index in [1.807, 2.05) is 32.9 Å². The molecule has 1 aliphatic rings. The first kappa shape index (κ1) is 22.3. The molecule has 6 heteroatoms. The fourth-order valence-corrected chi connectivity index (χ4v) is 4.41. The highest BCUT2D eigenvalue weighted by molar-refractivity contribution is 6.51. The van der Waals surface area contributed by atoms with E-state index < -0.39 is 29.3 Å². The number of anilines is 1. The summed E-state index contributed by atoms with van der Waals surface area (Å²) in [5.41, 5.74) is 3.12. The first-order valence-electron chi connectivity index (χ1n) is 10.5. The van der Waals surface area contributed by atoms with Crippen molar-refractivity contribution in [3.8, 4) is 5.75 Å². The number of aliphatic hydroxyl groups excluding tert-OH is 1. The average molecular weight is 445 g/mol. The van der Waals surface area contributed by atoms with Crippen LogP contribution in [0.4, 0.5) is 10.1 Å². The zero-order valence-corrected chi connectivity index (χ0v) is 18.8. The number of Topliss-reactive ketones (excluding diaryl/α,β-unsaturated/α-hetero) is 1. The van der Waals surface area contributed by atoms with Gasteiger partial charge >= 0.3 is 0 Å². The zero-order chi connectivity index (χ0) is 23.9. The molecule has 1 amide bonds. The topological polar surface area (TPSA) is 66.8 Å². The number of aryl methyl sites for hydroxylation is 3. The lowest BCUT2D eigenvalue weighted by Crippen LogP contribution is -2.29. The Bertz CT molecular complexity index is 1310. The lowest BCUT2D eigenvalue weighted by Gasteiger charge is -2.26. The quantitative estimate of drug-likeness (QED) is 0.332. The van der Waals surface area contributed by atoms with Crippen LogP contribution in [0.1, 0.15) is 33.9 Å². The van der Waals surface area contributed by atoms with Gasteiger partial charge in [0.1, 0.15) is 17.3 Å². The van der Waals surface area contributed by atoms with Gasteiger partial charge in [0.05, 0.1) is 24.3 Å². The van der Waals surface area contributed by atoms with Gasteiger partial charge in [-0.3, -0.25) is 14.5 Å². The van der Waals surface area contributed by atoms with E-state index in [1.165, 1.54) is 30.2 Å². The van der Waals surface area contributed by atoms with Crippen molar-refractivity contribution in [2.45, 2.75) is 26.8 Å². The van der Waals surface area contributed by atoms with Gasteiger partial charge < -0.3 is 9.84 Å². The second-order valence-corrected chi connectivity index (χ2v) is 8.19. The second-order valence-electron chi connectivity index (χ2n) is 8.19. The monoisotopic (exact) mass is 445 g/mol. The van der Waals surface area contributed by atoms with Crippen molar-refractivity contribution >= 4 is 23.1 Å². The number of ether oxygens (including phenoxy) is 1. The summed E-state index contributed by atoms with van der Waals surface area (Å²) in [5.74, 6) is -2.32. The molecular formula is C27H24FNO4. The lowest BCUT2D eigenvalue weighted by molar-refractivity contribution is -0.132. The molecule has 4 rings (SSSR count). The van der Waals surface area contributed by atoms with Gasteiger partial charge in [-0.05, 0) is 61.7 Å². The zero-order valence-electron chi connectivity index (χ0n) is 18.8. The molecule has 168 valence electrons. The van der Waals surface area contributed by atoms with E-state index in [0.717, 1.165) is 16.7 Å². The van der Waals surface area contributed by atoms with Crippen LogP contribution in [0.2, 0.25) is 0 Å². The van der Waals surface area contributed by atoms with Crippen molar-refractivity contribution in [1.29, 1.82) is 0 Å². The van der Waals surface area contributed by atoms with E-state index in [1.54, 1.807) is 30.3 Å². The number of ketones is 1. The molecule has 0 radical (unpaired) electrons. The number of carbonyl (C=O) groups excluding carboxylic acids is 2. The summed E-state index contributed by atoms with van der Waals surface area (Å²) < 4.78 is 20.5. The molecule has 0 bridgehead atoms. The molecule has 0 spiro atoms. The van der Waals surface area contributed by atoms with E-state index in [2.05, 4.69) is 0 Å². The third-order valence-corrected chi connectivity index (χ3v) is 5.80. The summed E-state index contributed by atoms with van der Waals surface area (Å²) in [6.07, 6.45) is 0. The molecule has 1 atom stereocenters. The Kier molecular flexibility index (Phi) is 5.77. The van der Waals surface area contributed by atoms with Gasteiger partial charge in [-0.2, -0.15) is 0 Å². The molecule has 0 aliphatic carbocycles. The number of methoxy groups -OCH3 is 1. The third-order valence-electron chi connectivity index (χ3n) is 5.80. The van der Waals surface area contributed by atoms with E-state index in [0.29, 0.717) is 11.4 Å². The van der Waals surface area contributed by atoms with Crippen LogP contribution in [0.15, 0.2) is 66.2 Å². The van der Waals surface area contributed by atoms with Crippen molar-refractivity contribution in [3.63, 3.8) is 0 Å². The summed E-state index contributed by atoms with van der Waals surface area (Å²) in [6.45, 7) is 5.53. The van der Waals surface area contributed by atoms with Crippen LogP contribution >= 0.6 is 0 Å². The van der Waals surface area contributed by atoms with Crippen LogP contribution in [-0.4, -0.2) is 23.9 Å². The standard InChI is InChI=1S/C27H24FNO4/c1-15-8-7-9-18(13-15)29-23(19-10-5-6-11-21(19)28)22(25(31)27(29)32)24(30)20-14-16(2)12-17(3)26(20)33-4/h5-14,23,30H,1-4H3/b24-22+. The number of hydrogen-bond acceptors (Lipinski definition) is 4. The predicted octanol–water partition coefficient (Wildman–Crippen LogP) is 5.39. The number of halogens is 1. The SMILES string of the molecule is COc1c(C)cc(C)cc1/C(O)=C1\C(=O)C(=O)N(c2cccc(C)c2)C1c1ccccc1F. The molecule has 1 saturated heterocycles. The van der Waals surface area contributed by atoms with Crippen LogP contribution in [0, 0.1) is 26.6 Å². The van der Waals surface area contributed by atoms with Crippen LogP contribution in [0.3, 0.4) is 0 Å². The van der Waals surface area contributed by atoms with Crippen LogP contribution in [0.5, 0.6) is 5.75 Å². The molecule has 5 nitrogen and oxygen atoms in total. The lowest BCUT2D eigenvalue weighted by atomic mass is 9.93. The fraction of sp³-hybridized carbons (Fsp3) is 0.185. The Hall–Kier alpha value is -3.93. The molecule has 0 saturated carbocycles. The molecule has 1 aliphatic heterocycles. The maximum atomic E-state index is 15.0. The van der Waals surface area contributed by atoms with Gasteiger partial charge in [0, 0.05) is 11.3 Å². The van der Waals surface area contributed by atoms with Crippen molar-refractivity contribution in [1.82, 2.24) is 0 Å². The Morgan fingerprint density at radius 3 is 2.36 bits per heavy atom. The molecule has 1 fully saturated rings. The van der Waals surface area contributed by atoms with E-state index in [4.69, 9.17) is 4.74 Å². The van der Waals surface area contributed by atoms with Crippen LogP contribution in [-0.2, 0) is 9.59 Å². The minimum absolute atomic E-state index is 0.114. The van der Waals surface area contributed by atoms with Gasteiger partial charge in [-0.25, -0.2) is 4.39 Å². The van der Waals surface area contributed by atoms with Gasteiger partial charge in [0.15, 0.2) is 0 Å². The molecule has 1 heterocycles. The van der Waals surface area contributed by atoms with Gasteiger partial charge in [0.2, 0.25) is 0 Å². The first-order valence-corrected chi connectivity index (χ1v) is 10.5. The summed E-state index contributed by atoms with van der Waals surface area (Å²) in [6, 6.07) is 15.4. The summed E-state index contributed by atoms with van der Waals surface area (Å²) in [7, 11) is 1.47. The Morgan fingerprint density at radius 2 is 1.70 bits per heavy atom. The third kappa shape index (κ3) is 3.78. The normalized spacial score (nSPS) is 17.5. The Balaban J connectivity index is 2.04. The first-order chi connectivity index (χ1) is 15.7. The van der Waals surface area contributed by atoms with Gasteiger partial charge in [-0.15, -0.1) is 0 Å². The van der Waals surface area contributed by atoms with E-state index in [-0.39, 0.29) is 16.7 Å². The highest BCUT2D eigenvalue weighted by atomic mass is 19.1. The van der Waals surface area contributed by atoms with E-state index >= 15 is 0 Å². The largest absolute Gasteiger partial charge is 0.507 e. The number of hydrogen-bond donors (Lipinski definition) is 1. The number of rotatable bonds is 4. The number of amides is 1. The molecule has 3 aromatic rings. The van der Waals surface area contributed by atoms with Crippen molar-refractivity contribution in [2.24, 2.45) is 0 Å². The van der Waals surface area contributed by atoms with Crippen molar-refractivity contribution < 1.29 is 23.8 Å². The smallest absolute Gasteiger partial charge is 0.300 e. The number of benzene rings is 3. The average Bonchev–Trinajstić information content (AvgIpc) is 3.03. The van der Waals surface area contributed by atoms with Gasteiger partial charge in [0.25, 0.3) is 11.7 Å². The Labute approximate surface area is 191 Å².